The molecule has 2 rings (SSSR count). The molecule has 0 unspecified atom stereocenters. The van der Waals surface area contributed by atoms with Crippen LogP contribution < -0.4 is 5.32 Å². The quantitative estimate of drug-likeness (QED) is 0.845. The molecule has 1 aromatic heterocycles. The number of unbranched alkanes of at least 4 members (excludes halogenated alkanes) is 1. The van der Waals surface area contributed by atoms with Crippen molar-refractivity contribution in [2.45, 2.75) is 19.8 Å². The van der Waals surface area contributed by atoms with Gasteiger partial charge in [-0.3, -0.25) is 10.00 Å². The Morgan fingerprint density at radius 2 is 2.33 bits per heavy atom. The summed E-state index contributed by atoms with van der Waals surface area (Å²) in [6, 6.07) is 5.64. The minimum atomic E-state index is -0.410. The van der Waals surface area contributed by atoms with E-state index in [9.17, 15) is 4.79 Å². The zero-order valence-corrected chi connectivity index (χ0v) is 10.6. The minimum Gasteiger partial charge on any atom is -0.449 e. The molecular weight excluding hydrogens is 230 g/mol. The smallest absolute Gasteiger partial charge is 0.411 e. The number of aromatic nitrogens is 2. The van der Waals surface area contributed by atoms with E-state index in [2.05, 4.69) is 17.3 Å². The largest absolute Gasteiger partial charge is 0.449 e. The summed E-state index contributed by atoms with van der Waals surface area (Å²) in [5.41, 5.74) is 1.75. The van der Waals surface area contributed by atoms with Gasteiger partial charge in [0.1, 0.15) is 0 Å². The van der Waals surface area contributed by atoms with Crippen LogP contribution in [-0.4, -0.2) is 22.5 Å². The number of fused-ring (bicyclic) bond motifs is 1. The van der Waals surface area contributed by atoms with Gasteiger partial charge in [-0.25, -0.2) is 4.79 Å². The third-order valence-electron chi connectivity index (χ3n) is 2.72. The van der Waals surface area contributed by atoms with Crippen molar-refractivity contribution in [3.05, 3.63) is 24.4 Å². The third-order valence-corrected chi connectivity index (χ3v) is 2.72. The first-order chi connectivity index (χ1) is 8.70. The number of aryl methyl sites for hydroxylation is 1. The van der Waals surface area contributed by atoms with Crippen LogP contribution in [0.3, 0.4) is 0 Å². The van der Waals surface area contributed by atoms with Crippen LogP contribution in [0.4, 0.5) is 10.5 Å². The summed E-state index contributed by atoms with van der Waals surface area (Å²) in [6.07, 6.45) is 3.25. The maximum atomic E-state index is 11.5. The van der Waals surface area contributed by atoms with E-state index in [0.29, 0.717) is 6.61 Å². The molecule has 96 valence electrons. The molecular formula is C13H17N3O2. The predicted molar refractivity (Wildman–Crippen MR) is 70.6 cm³/mol. The summed E-state index contributed by atoms with van der Waals surface area (Å²) < 4.78 is 6.82. The number of hydrogen-bond acceptors (Lipinski definition) is 3. The molecule has 0 saturated carbocycles. The normalized spacial score (nSPS) is 10.6. The molecule has 0 saturated heterocycles. The Hall–Kier alpha value is -2.04. The predicted octanol–water partition coefficient (Wildman–Crippen LogP) is 2.92. The highest BCUT2D eigenvalue weighted by atomic mass is 16.5. The van der Waals surface area contributed by atoms with Crippen LogP contribution in [0.1, 0.15) is 19.8 Å². The number of anilines is 1. The molecule has 1 heterocycles. The molecule has 0 aliphatic heterocycles. The summed E-state index contributed by atoms with van der Waals surface area (Å²) >= 11 is 0. The van der Waals surface area contributed by atoms with Crippen molar-refractivity contribution in [3.63, 3.8) is 0 Å². The number of ether oxygens (including phenoxy) is 1. The maximum absolute atomic E-state index is 11.5. The SMILES string of the molecule is CCCCOC(=O)Nc1ccc2c(cnn2C)c1. The van der Waals surface area contributed by atoms with Gasteiger partial charge >= 0.3 is 6.09 Å². The number of nitrogens with one attached hydrogen (secondary N) is 1. The highest BCUT2D eigenvalue weighted by molar-refractivity contribution is 5.89. The van der Waals surface area contributed by atoms with Gasteiger partial charge in [0.25, 0.3) is 0 Å². The Kier molecular flexibility index (Phi) is 3.82. The summed E-state index contributed by atoms with van der Waals surface area (Å²) in [6.45, 7) is 2.51. The molecule has 5 heteroatoms. The second-order valence-corrected chi connectivity index (χ2v) is 4.16. The van der Waals surface area contributed by atoms with Gasteiger partial charge in [-0.1, -0.05) is 13.3 Å². The molecule has 1 amide bonds. The summed E-state index contributed by atoms with van der Waals surface area (Å²) in [7, 11) is 1.88. The van der Waals surface area contributed by atoms with Crippen LogP contribution in [0.2, 0.25) is 0 Å². The lowest BCUT2D eigenvalue weighted by Crippen LogP contribution is -2.14. The Morgan fingerprint density at radius 3 is 3.11 bits per heavy atom. The molecule has 1 aromatic carbocycles. The van der Waals surface area contributed by atoms with Crippen molar-refractivity contribution >= 4 is 22.7 Å². The molecule has 0 spiro atoms. The van der Waals surface area contributed by atoms with Crippen LogP contribution in [0.25, 0.3) is 10.9 Å². The first-order valence-corrected chi connectivity index (χ1v) is 6.06. The Labute approximate surface area is 106 Å². The standard InChI is InChI=1S/C13H17N3O2/c1-3-4-7-18-13(17)15-11-5-6-12-10(8-11)9-14-16(12)2/h5-6,8-9H,3-4,7H2,1-2H3,(H,15,17). The first-order valence-electron chi connectivity index (χ1n) is 6.06. The zero-order valence-electron chi connectivity index (χ0n) is 10.6. The van der Waals surface area contributed by atoms with E-state index in [1.54, 1.807) is 10.9 Å². The van der Waals surface area contributed by atoms with Crippen LogP contribution in [0.15, 0.2) is 24.4 Å². The van der Waals surface area contributed by atoms with E-state index in [0.717, 1.165) is 29.4 Å². The van der Waals surface area contributed by atoms with Gasteiger partial charge in [-0.05, 0) is 24.6 Å². The fourth-order valence-electron chi connectivity index (χ4n) is 1.70. The number of benzene rings is 1. The summed E-state index contributed by atoms with van der Waals surface area (Å²) in [4.78, 5) is 11.5. The van der Waals surface area contributed by atoms with Crippen LogP contribution in [0.5, 0.6) is 0 Å². The fraction of sp³-hybridized carbons (Fsp3) is 0.385. The monoisotopic (exact) mass is 247 g/mol. The number of hydrogen-bond donors (Lipinski definition) is 1. The Morgan fingerprint density at radius 1 is 1.50 bits per heavy atom. The summed E-state index contributed by atoms with van der Waals surface area (Å²) in [5, 5.41) is 7.84. The number of carbonyl (C=O) groups excluding carboxylic acids is 1. The summed E-state index contributed by atoms with van der Waals surface area (Å²) in [5.74, 6) is 0. The van der Waals surface area contributed by atoms with Gasteiger partial charge in [-0.2, -0.15) is 5.10 Å². The third kappa shape index (κ3) is 2.80. The van der Waals surface area contributed by atoms with Gasteiger partial charge < -0.3 is 4.74 Å². The second-order valence-electron chi connectivity index (χ2n) is 4.16. The van der Waals surface area contributed by atoms with Gasteiger partial charge in [0.05, 0.1) is 18.3 Å². The topological polar surface area (TPSA) is 56.1 Å². The van der Waals surface area contributed by atoms with Crippen LogP contribution >= 0.6 is 0 Å². The molecule has 5 nitrogen and oxygen atoms in total. The molecule has 0 radical (unpaired) electrons. The van der Waals surface area contributed by atoms with Crippen molar-refractivity contribution in [2.75, 3.05) is 11.9 Å². The zero-order chi connectivity index (χ0) is 13.0. The van der Waals surface area contributed by atoms with E-state index in [1.807, 2.05) is 25.2 Å². The minimum absolute atomic E-state index is 0.410. The molecule has 2 aromatic rings. The number of amides is 1. The Bertz CT molecular complexity index is 548. The molecule has 0 bridgehead atoms. The van der Waals surface area contributed by atoms with Gasteiger partial charge in [-0.15, -0.1) is 0 Å². The number of nitrogens with zero attached hydrogens (tertiary/aromatic N) is 2. The van der Waals surface area contributed by atoms with Crippen LogP contribution in [-0.2, 0) is 11.8 Å². The highest BCUT2D eigenvalue weighted by Crippen LogP contribution is 2.18. The fourth-order valence-corrected chi connectivity index (χ4v) is 1.70. The van der Waals surface area contributed by atoms with E-state index in [1.165, 1.54) is 0 Å². The van der Waals surface area contributed by atoms with Gasteiger partial charge in [0.15, 0.2) is 0 Å². The van der Waals surface area contributed by atoms with Crippen molar-refractivity contribution < 1.29 is 9.53 Å². The van der Waals surface area contributed by atoms with Crippen molar-refractivity contribution in [3.8, 4) is 0 Å². The first kappa shape index (κ1) is 12.4. The van der Waals surface area contributed by atoms with Crippen molar-refractivity contribution in [1.29, 1.82) is 0 Å². The lowest BCUT2D eigenvalue weighted by molar-refractivity contribution is 0.160. The van der Waals surface area contributed by atoms with Crippen LogP contribution in [0, 0.1) is 0 Å². The van der Waals surface area contributed by atoms with Gasteiger partial charge in [0, 0.05) is 18.1 Å². The molecule has 0 fully saturated rings. The van der Waals surface area contributed by atoms with E-state index < -0.39 is 6.09 Å². The van der Waals surface area contributed by atoms with Crippen molar-refractivity contribution in [1.82, 2.24) is 9.78 Å². The second kappa shape index (κ2) is 5.53. The molecule has 18 heavy (non-hydrogen) atoms. The van der Waals surface area contributed by atoms with E-state index >= 15 is 0 Å². The Balaban J connectivity index is 2.01. The maximum Gasteiger partial charge on any atom is 0.411 e. The lowest BCUT2D eigenvalue weighted by Gasteiger charge is -2.06. The average Bonchev–Trinajstić information content (AvgIpc) is 2.71. The van der Waals surface area contributed by atoms with E-state index in [-0.39, 0.29) is 0 Å². The number of carbonyl (C=O) groups is 1. The average molecular weight is 247 g/mol. The molecule has 0 aliphatic rings. The molecule has 0 aliphatic carbocycles. The van der Waals surface area contributed by atoms with Gasteiger partial charge in [0.2, 0.25) is 0 Å². The highest BCUT2D eigenvalue weighted by Gasteiger charge is 2.05. The molecule has 1 N–H and O–H groups in total. The molecule has 0 atom stereocenters. The van der Waals surface area contributed by atoms with Crippen molar-refractivity contribution in [2.24, 2.45) is 7.05 Å². The number of rotatable bonds is 4. The van der Waals surface area contributed by atoms with E-state index in [4.69, 9.17) is 4.74 Å². The lowest BCUT2D eigenvalue weighted by atomic mass is 10.2.